The van der Waals surface area contributed by atoms with Gasteiger partial charge in [-0.25, -0.2) is 9.97 Å². The number of hydrogen-bond acceptors (Lipinski definition) is 7. The van der Waals surface area contributed by atoms with Crippen LogP contribution in [0.3, 0.4) is 0 Å². The van der Waals surface area contributed by atoms with Gasteiger partial charge in [-0.1, -0.05) is 0 Å². The molecule has 0 aliphatic carbocycles. The number of anilines is 1. The van der Waals surface area contributed by atoms with Crippen LogP contribution in [-0.4, -0.2) is 55.9 Å². The molecule has 2 aromatic rings. The van der Waals surface area contributed by atoms with E-state index in [2.05, 4.69) is 20.3 Å². The number of unbranched alkanes of at least 4 members (excludes halogenated alkanes) is 1. The van der Waals surface area contributed by atoms with Crippen molar-refractivity contribution in [1.29, 1.82) is 0 Å². The summed E-state index contributed by atoms with van der Waals surface area (Å²) < 4.78 is 0. The fourth-order valence-corrected chi connectivity index (χ4v) is 3.73. The summed E-state index contributed by atoms with van der Waals surface area (Å²) in [6, 6.07) is 0. The van der Waals surface area contributed by atoms with Gasteiger partial charge in [-0.15, -0.1) is 0 Å². The van der Waals surface area contributed by atoms with Crippen molar-refractivity contribution in [1.82, 2.24) is 20.3 Å². The van der Waals surface area contributed by atoms with Crippen LogP contribution in [0.2, 0.25) is 0 Å². The number of aromatic amines is 1. The van der Waals surface area contributed by atoms with E-state index in [1.165, 1.54) is 6.33 Å². The second-order valence-corrected chi connectivity index (χ2v) is 7.08. The lowest BCUT2D eigenvalue weighted by Gasteiger charge is -2.20. The fraction of sp³-hybridized carbons (Fsp3) is 0.625. The van der Waals surface area contributed by atoms with E-state index < -0.39 is 0 Å². The molecule has 0 saturated carbocycles. The summed E-state index contributed by atoms with van der Waals surface area (Å²) in [6.07, 6.45) is 4.86. The summed E-state index contributed by atoms with van der Waals surface area (Å²) in [6.45, 7) is 3.48. The molecule has 0 fully saturated rings. The number of fused-ring (bicyclic) bond motifs is 1. The zero-order chi connectivity index (χ0) is 17.4. The van der Waals surface area contributed by atoms with Gasteiger partial charge in [-0.2, -0.15) is 11.8 Å². The van der Waals surface area contributed by atoms with Crippen LogP contribution in [0, 0.1) is 5.92 Å². The van der Waals surface area contributed by atoms with Gasteiger partial charge in [0.1, 0.15) is 11.8 Å². The molecule has 7 nitrogen and oxygen atoms in total. The zero-order valence-electron chi connectivity index (χ0n) is 14.0. The summed E-state index contributed by atoms with van der Waals surface area (Å²) in [4.78, 5) is 11.4. The van der Waals surface area contributed by atoms with Crippen LogP contribution in [-0.2, 0) is 6.54 Å². The lowest BCUT2D eigenvalue weighted by atomic mass is 10.1. The second-order valence-electron chi connectivity index (χ2n) is 5.93. The highest BCUT2D eigenvalue weighted by Crippen LogP contribution is 2.19. The first-order valence-electron chi connectivity index (χ1n) is 8.27. The molecule has 2 rings (SSSR count). The van der Waals surface area contributed by atoms with E-state index in [-0.39, 0.29) is 18.6 Å². The van der Waals surface area contributed by atoms with E-state index in [4.69, 9.17) is 10.8 Å². The van der Waals surface area contributed by atoms with Crippen LogP contribution in [0.5, 0.6) is 0 Å². The number of aliphatic hydroxyl groups excluding tert-OH is 2. The first-order valence-corrected chi connectivity index (χ1v) is 9.42. The van der Waals surface area contributed by atoms with Crippen molar-refractivity contribution >= 4 is 28.6 Å². The molecule has 24 heavy (non-hydrogen) atoms. The molecule has 0 aromatic carbocycles. The second kappa shape index (κ2) is 9.83. The molecule has 0 saturated heterocycles. The molecular weight excluding hydrogens is 326 g/mol. The van der Waals surface area contributed by atoms with E-state index in [0.29, 0.717) is 12.4 Å². The maximum Gasteiger partial charge on any atom is 0.151 e. The molecular formula is C16H27N5O2S. The van der Waals surface area contributed by atoms with Crippen LogP contribution in [0.15, 0.2) is 12.5 Å². The Morgan fingerprint density at radius 2 is 2.21 bits per heavy atom. The van der Waals surface area contributed by atoms with Crippen LogP contribution in [0.1, 0.15) is 25.3 Å². The monoisotopic (exact) mass is 353 g/mol. The Labute approximate surface area is 146 Å². The molecule has 2 aromatic heterocycles. The molecule has 0 spiro atoms. The molecule has 134 valence electrons. The van der Waals surface area contributed by atoms with Gasteiger partial charge in [-0.05, 0) is 31.3 Å². The van der Waals surface area contributed by atoms with E-state index in [1.54, 1.807) is 0 Å². The van der Waals surface area contributed by atoms with Gasteiger partial charge in [0.2, 0.25) is 0 Å². The quantitative estimate of drug-likeness (QED) is 0.384. The minimum absolute atomic E-state index is 0.189. The largest absolute Gasteiger partial charge is 0.396 e. The van der Waals surface area contributed by atoms with Crippen molar-refractivity contribution in [2.45, 2.75) is 32.4 Å². The van der Waals surface area contributed by atoms with Crippen LogP contribution in [0.4, 0.5) is 5.82 Å². The maximum atomic E-state index is 9.94. The SMILES string of the molecule is CC(O)C(CNCc1c[nH]c2c(N)ncnc12)CSCCCCO. The van der Waals surface area contributed by atoms with Crippen LogP contribution < -0.4 is 11.1 Å². The minimum atomic E-state index is -0.358. The normalized spacial score (nSPS) is 14.1. The first kappa shape index (κ1) is 19.0. The number of thioether (sulfide) groups is 1. The lowest BCUT2D eigenvalue weighted by molar-refractivity contribution is 0.136. The Kier molecular flexibility index (Phi) is 7.77. The van der Waals surface area contributed by atoms with Gasteiger partial charge in [-0.3, -0.25) is 0 Å². The fourth-order valence-electron chi connectivity index (χ4n) is 2.46. The van der Waals surface area contributed by atoms with Crippen molar-refractivity contribution in [3.63, 3.8) is 0 Å². The van der Waals surface area contributed by atoms with Gasteiger partial charge in [0.25, 0.3) is 0 Å². The van der Waals surface area contributed by atoms with Crippen molar-refractivity contribution < 1.29 is 10.2 Å². The van der Waals surface area contributed by atoms with E-state index >= 15 is 0 Å². The van der Waals surface area contributed by atoms with Gasteiger partial charge in [0, 0.05) is 37.4 Å². The van der Waals surface area contributed by atoms with Gasteiger partial charge in [0.15, 0.2) is 5.82 Å². The third kappa shape index (κ3) is 5.34. The predicted octanol–water partition coefficient (Wildman–Crippen LogP) is 1.13. The number of H-pyrrole nitrogens is 1. The molecule has 0 radical (unpaired) electrons. The topological polar surface area (TPSA) is 120 Å². The molecule has 0 bridgehead atoms. The van der Waals surface area contributed by atoms with Crippen molar-refractivity contribution in [3.05, 3.63) is 18.1 Å². The van der Waals surface area contributed by atoms with Crippen molar-refractivity contribution in [2.75, 3.05) is 30.4 Å². The van der Waals surface area contributed by atoms with Crippen molar-refractivity contribution in [3.8, 4) is 0 Å². The molecule has 0 aliphatic rings. The molecule has 2 unspecified atom stereocenters. The molecule has 0 amide bonds. The molecule has 2 atom stereocenters. The maximum absolute atomic E-state index is 9.94. The smallest absolute Gasteiger partial charge is 0.151 e. The van der Waals surface area contributed by atoms with E-state index in [0.717, 1.165) is 47.5 Å². The number of aliphatic hydroxyl groups is 2. The number of hydrogen-bond donors (Lipinski definition) is 5. The highest BCUT2D eigenvalue weighted by molar-refractivity contribution is 7.99. The summed E-state index contributed by atoms with van der Waals surface area (Å²) in [7, 11) is 0. The average Bonchev–Trinajstić information content (AvgIpc) is 2.97. The summed E-state index contributed by atoms with van der Waals surface area (Å²) in [5, 5.41) is 22.1. The highest BCUT2D eigenvalue weighted by atomic mass is 32.2. The zero-order valence-corrected chi connectivity index (χ0v) is 14.9. The number of nitrogens with one attached hydrogen (secondary N) is 2. The van der Waals surface area contributed by atoms with Gasteiger partial charge in [0.05, 0.1) is 11.6 Å². The van der Waals surface area contributed by atoms with Crippen LogP contribution in [0.25, 0.3) is 11.0 Å². The Morgan fingerprint density at radius 3 is 2.96 bits per heavy atom. The highest BCUT2D eigenvalue weighted by Gasteiger charge is 2.15. The minimum Gasteiger partial charge on any atom is -0.396 e. The lowest BCUT2D eigenvalue weighted by Crippen LogP contribution is -2.31. The third-order valence-corrected chi connectivity index (χ3v) is 5.25. The van der Waals surface area contributed by atoms with E-state index in [1.807, 2.05) is 24.9 Å². The first-order chi connectivity index (χ1) is 11.6. The van der Waals surface area contributed by atoms with E-state index in [9.17, 15) is 5.11 Å². The average molecular weight is 353 g/mol. The van der Waals surface area contributed by atoms with Crippen molar-refractivity contribution in [2.24, 2.45) is 5.92 Å². The number of nitrogen functional groups attached to an aromatic ring is 1. The Hall–Kier alpha value is -1.35. The Bertz CT molecular complexity index is 620. The third-order valence-electron chi connectivity index (χ3n) is 4.00. The number of nitrogens with two attached hydrogens (primary N) is 1. The predicted molar refractivity (Wildman–Crippen MR) is 98.8 cm³/mol. The van der Waals surface area contributed by atoms with Gasteiger partial charge < -0.3 is 26.2 Å². The molecule has 6 N–H and O–H groups in total. The number of nitrogens with zero attached hydrogens (tertiary/aromatic N) is 2. The van der Waals surface area contributed by atoms with Gasteiger partial charge >= 0.3 is 0 Å². The number of aromatic nitrogens is 3. The molecule has 8 heteroatoms. The summed E-state index contributed by atoms with van der Waals surface area (Å²) in [5.41, 5.74) is 8.46. The standard InChI is InChI=1S/C16H27N5O2S/c1-11(23)13(9-24-5-3-2-4-22)7-18-6-12-8-19-15-14(12)20-10-21-16(15)17/h8,10-11,13,18-19,22-23H,2-7,9H2,1H3,(H2,17,20,21). The summed E-state index contributed by atoms with van der Waals surface area (Å²) in [5.74, 6) is 2.56. The molecule has 2 heterocycles. The summed E-state index contributed by atoms with van der Waals surface area (Å²) >= 11 is 1.83. The van der Waals surface area contributed by atoms with Crippen LogP contribution >= 0.6 is 11.8 Å². The Morgan fingerprint density at radius 1 is 1.38 bits per heavy atom. The molecule has 0 aliphatic heterocycles. The Balaban J connectivity index is 1.80. The number of rotatable bonds is 11.